The fraction of sp³-hybridized carbons (Fsp3) is 0.222. The molecule has 1 N–H and O–H groups in total. The molecule has 6 nitrogen and oxygen atoms in total. The lowest BCUT2D eigenvalue weighted by Crippen LogP contribution is -2.16. The molecule has 34 heavy (non-hydrogen) atoms. The molecule has 0 unspecified atom stereocenters. The van der Waals surface area contributed by atoms with Gasteiger partial charge in [-0.2, -0.15) is 0 Å². The van der Waals surface area contributed by atoms with Gasteiger partial charge in [-0.15, -0.1) is 10.2 Å². The minimum Gasteiger partial charge on any atom is -0.497 e. The molecule has 1 aromatic heterocycles. The third-order valence-electron chi connectivity index (χ3n) is 5.58. The van der Waals surface area contributed by atoms with Gasteiger partial charge in [0.15, 0.2) is 11.0 Å². The Kier molecular flexibility index (Phi) is 7.33. The summed E-state index contributed by atoms with van der Waals surface area (Å²) in [6.07, 6.45) is 0.857. The summed E-state index contributed by atoms with van der Waals surface area (Å²) in [7, 11) is 1.64. The summed E-state index contributed by atoms with van der Waals surface area (Å²) < 4.78 is 7.30. The first-order chi connectivity index (χ1) is 16.5. The molecule has 0 atom stereocenters. The molecule has 7 heteroatoms. The lowest BCUT2D eigenvalue weighted by molar-refractivity contribution is -0.113. The Morgan fingerprint density at radius 3 is 2.50 bits per heavy atom. The van der Waals surface area contributed by atoms with Crippen molar-refractivity contribution in [1.29, 1.82) is 0 Å². The normalized spacial score (nSPS) is 10.8. The van der Waals surface area contributed by atoms with Crippen LogP contribution in [0.1, 0.15) is 23.6 Å². The van der Waals surface area contributed by atoms with E-state index in [1.54, 1.807) is 7.11 Å². The fourth-order valence-corrected chi connectivity index (χ4v) is 4.56. The molecule has 0 radical (unpaired) electrons. The number of benzene rings is 3. The van der Waals surface area contributed by atoms with Crippen molar-refractivity contribution in [2.24, 2.45) is 0 Å². The minimum atomic E-state index is -0.0737. The number of nitrogens with zero attached hydrogens (tertiary/aromatic N) is 3. The van der Waals surface area contributed by atoms with Gasteiger partial charge in [0.25, 0.3) is 0 Å². The van der Waals surface area contributed by atoms with Crippen LogP contribution >= 0.6 is 11.8 Å². The van der Waals surface area contributed by atoms with E-state index in [-0.39, 0.29) is 11.7 Å². The van der Waals surface area contributed by atoms with E-state index < -0.39 is 0 Å². The molecule has 4 rings (SSSR count). The van der Waals surface area contributed by atoms with Crippen molar-refractivity contribution in [3.63, 3.8) is 0 Å². The van der Waals surface area contributed by atoms with Crippen molar-refractivity contribution in [3.05, 3.63) is 83.4 Å². The number of hydrogen-bond donors (Lipinski definition) is 1. The third-order valence-corrected chi connectivity index (χ3v) is 6.51. The quantitative estimate of drug-likeness (QED) is 0.326. The van der Waals surface area contributed by atoms with Crippen molar-refractivity contribution in [2.45, 2.75) is 32.3 Å². The number of amides is 1. The van der Waals surface area contributed by atoms with Gasteiger partial charge in [-0.05, 0) is 61.7 Å². The van der Waals surface area contributed by atoms with Crippen LogP contribution in [0, 0.1) is 13.8 Å². The van der Waals surface area contributed by atoms with E-state index in [0.717, 1.165) is 51.6 Å². The lowest BCUT2D eigenvalue weighted by Gasteiger charge is -2.13. The Morgan fingerprint density at radius 1 is 1.03 bits per heavy atom. The molecule has 0 spiro atoms. The molecular weight excluding hydrogens is 444 g/mol. The summed E-state index contributed by atoms with van der Waals surface area (Å²) in [5.74, 6) is 1.64. The van der Waals surface area contributed by atoms with Crippen LogP contribution in [0.25, 0.3) is 17.1 Å². The van der Waals surface area contributed by atoms with Crippen molar-refractivity contribution in [2.75, 3.05) is 18.2 Å². The number of rotatable bonds is 8. The lowest BCUT2D eigenvalue weighted by atomic mass is 10.1. The molecule has 1 heterocycles. The maximum Gasteiger partial charge on any atom is 0.234 e. The number of para-hydroxylation sites is 1. The molecule has 0 saturated carbocycles. The summed E-state index contributed by atoms with van der Waals surface area (Å²) in [5, 5.41) is 12.7. The Bertz CT molecular complexity index is 1300. The number of anilines is 1. The highest BCUT2D eigenvalue weighted by molar-refractivity contribution is 7.99. The van der Waals surface area contributed by atoms with Crippen molar-refractivity contribution in [1.82, 2.24) is 14.8 Å². The highest BCUT2D eigenvalue weighted by atomic mass is 32.2. The molecule has 1 amide bonds. The Morgan fingerprint density at radius 2 is 1.79 bits per heavy atom. The average Bonchev–Trinajstić information content (AvgIpc) is 3.28. The predicted octanol–water partition coefficient (Wildman–Crippen LogP) is 5.85. The van der Waals surface area contributed by atoms with Crippen LogP contribution in [0.15, 0.2) is 71.9 Å². The Labute approximate surface area is 204 Å². The smallest absolute Gasteiger partial charge is 0.234 e. The molecule has 0 fully saturated rings. The minimum absolute atomic E-state index is 0.0737. The second-order valence-electron chi connectivity index (χ2n) is 8.01. The third kappa shape index (κ3) is 5.15. The van der Waals surface area contributed by atoms with E-state index in [0.29, 0.717) is 5.16 Å². The summed E-state index contributed by atoms with van der Waals surface area (Å²) in [5.41, 5.74) is 6.08. The monoisotopic (exact) mass is 472 g/mol. The molecule has 174 valence electrons. The van der Waals surface area contributed by atoms with Crippen LogP contribution in [0.3, 0.4) is 0 Å². The zero-order valence-electron chi connectivity index (χ0n) is 19.8. The van der Waals surface area contributed by atoms with Gasteiger partial charge >= 0.3 is 0 Å². The van der Waals surface area contributed by atoms with E-state index in [9.17, 15) is 4.79 Å². The van der Waals surface area contributed by atoms with Gasteiger partial charge in [-0.3, -0.25) is 9.36 Å². The SMILES string of the molecule is CCc1cccc(C)c1NC(=O)CSc1nnc(-c2cccc(C)c2)n1-c1ccc(OC)cc1. The van der Waals surface area contributed by atoms with E-state index in [1.165, 1.54) is 11.8 Å². The molecular formula is C27H28N4O2S. The van der Waals surface area contributed by atoms with Gasteiger partial charge in [0.2, 0.25) is 5.91 Å². The number of ether oxygens (including phenoxy) is 1. The maximum atomic E-state index is 12.9. The van der Waals surface area contributed by atoms with Crippen LogP contribution in [0.4, 0.5) is 5.69 Å². The van der Waals surface area contributed by atoms with E-state index >= 15 is 0 Å². The first-order valence-corrected chi connectivity index (χ1v) is 12.2. The van der Waals surface area contributed by atoms with Gasteiger partial charge in [0.05, 0.1) is 12.9 Å². The molecule has 0 bridgehead atoms. The van der Waals surface area contributed by atoms with Gasteiger partial charge in [0.1, 0.15) is 5.75 Å². The maximum absolute atomic E-state index is 12.9. The fourth-order valence-electron chi connectivity index (χ4n) is 3.81. The molecule has 0 saturated heterocycles. The summed E-state index contributed by atoms with van der Waals surface area (Å²) in [6, 6.07) is 22.0. The molecule has 4 aromatic rings. The second-order valence-corrected chi connectivity index (χ2v) is 8.95. The van der Waals surface area contributed by atoms with Gasteiger partial charge in [-0.25, -0.2) is 0 Å². The summed E-state index contributed by atoms with van der Waals surface area (Å²) in [6.45, 7) is 6.15. The predicted molar refractivity (Wildman–Crippen MR) is 138 cm³/mol. The molecule has 0 aliphatic carbocycles. The van der Waals surface area contributed by atoms with Gasteiger partial charge in [0, 0.05) is 16.9 Å². The zero-order chi connectivity index (χ0) is 24.1. The number of methoxy groups -OCH3 is 1. The van der Waals surface area contributed by atoms with Crippen LogP contribution in [-0.2, 0) is 11.2 Å². The second kappa shape index (κ2) is 10.6. The highest BCUT2D eigenvalue weighted by Gasteiger charge is 2.18. The highest BCUT2D eigenvalue weighted by Crippen LogP contribution is 2.30. The first kappa shape index (κ1) is 23.6. The van der Waals surface area contributed by atoms with E-state index in [1.807, 2.05) is 79.1 Å². The summed E-state index contributed by atoms with van der Waals surface area (Å²) >= 11 is 1.36. The number of thioether (sulfide) groups is 1. The van der Waals surface area contributed by atoms with Gasteiger partial charge < -0.3 is 10.1 Å². The number of aromatic nitrogens is 3. The van der Waals surface area contributed by atoms with E-state index in [4.69, 9.17) is 4.74 Å². The Hall–Kier alpha value is -3.58. The van der Waals surface area contributed by atoms with Crippen LogP contribution in [0.2, 0.25) is 0 Å². The van der Waals surface area contributed by atoms with Crippen LogP contribution in [-0.4, -0.2) is 33.5 Å². The zero-order valence-corrected chi connectivity index (χ0v) is 20.6. The molecule has 0 aliphatic rings. The molecule has 3 aromatic carbocycles. The topological polar surface area (TPSA) is 69.0 Å². The number of carbonyl (C=O) groups excluding carboxylic acids is 1. The first-order valence-electron chi connectivity index (χ1n) is 11.2. The molecule has 0 aliphatic heterocycles. The number of hydrogen-bond acceptors (Lipinski definition) is 5. The summed E-state index contributed by atoms with van der Waals surface area (Å²) in [4.78, 5) is 12.9. The van der Waals surface area contributed by atoms with Crippen molar-refractivity contribution in [3.8, 4) is 22.8 Å². The van der Waals surface area contributed by atoms with Crippen molar-refractivity contribution < 1.29 is 9.53 Å². The van der Waals surface area contributed by atoms with Gasteiger partial charge in [-0.1, -0.05) is 60.6 Å². The number of carbonyl (C=O) groups is 1. The van der Waals surface area contributed by atoms with Crippen LogP contribution < -0.4 is 10.1 Å². The van der Waals surface area contributed by atoms with Crippen LogP contribution in [0.5, 0.6) is 5.75 Å². The average molecular weight is 473 g/mol. The number of nitrogens with one attached hydrogen (secondary N) is 1. The Balaban J connectivity index is 1.62. The largest absolute Gasteiger partial charge is 0.497 e. The van der Waals surface area contributed by atoms with E-state index in [2.05, 4.69) is 28.5 Å². The van der Waals surface area contributed by atoms with Crippen molar-refractivity contribution >= 4 is 23.4 Å². The standard InChI is InChI=1S/C27H28N4O2S/c1-5-20-10-7-9-19(3)25(20)28-24(32)17-34-27-30-29-26(21-11-6-8-18(2)16-21)31(27)22-12-14-23(33-4)15-13-22/h6-16H,5,17H2,1-4H3,(H,28,32). The number of aryl methyl sites for hydroxylation is 3.